The number of ketones is 1. The van der Waals surface area contributed by atoms with Crippen molar-refractivity contribution in [3.63, 3.8) is 0 Å². The van der Waals surface area contributed by atoms with Gasteiger partial charge in [0, 0.05) is 11.6 Å². The van der Waals surface area contributed by atoms with Crippen molar-refractivity contribution in [3.05, 3.63) is 58.1 Å². The van der Waals surface area contributed by atoms with E-state index in [-0.39, 0.29) is 23.7 Å². The van der Waals surface area contributed by atoms with Crippen LogP contribution < -0.4 is 9.47 Å². The number of hydrogen-bond acceptors (Lipinski definition) is 3. The highest BCUT2D eigenvalue weighted by atomic mass is 79.9. The highest BCUT2D eigenvalue weighted by Gasteiger charge is 2.11. The van der Waals surface area contributed by atoms with Crippen LogP contribution >= 0.6 is 15.9 Å². The van der Waals surface area contributed by atoms with E-state index in [0.717, 1.165) is 12.1 Å². The zero-order valence-corrected chi connectivity index (χ0v) is 12.6. The fourth-order valence-corrected chi connectivity index (χ4v) is 1.89. The summed E-state index contributed by atoms with van der Waals surface area (Å²) in [6.45, 7) is -0.313. The van der Waals surface area contributed by atoms with Gasteiger partial charge in [-0.1, -0.05) is 0 Å². The summed E-state index contributed by atoms with van der Waals surface area (Å²) in [4.78, 5) is 11.9. The molecule has 0 saturated carbocycles. The Morgan fingerprint density at radius 3 is 2.52 bits per heavy atom. The molecule has 0 N–H and O–H groups in total. The maximum Gasteiger partial charge on any atom is 0.200 e. The van der Waals surface area contributed by atoms with Gasteiger partial charge >= 0.3 is 0 Å². The number of ether oxygens (including phenoxy) is 2. The lowest BCUT2D eigenvalue weighted by Crippen LogP contribution is -2.12. The maximum absolute atomic E-state index is 13.5. The largest absolute Gasteiger partial charge is 0.494 e. The summed E-state index contributed by atoms with van der Waals surface area (Å²) < 4.78 is 37.1. The van der Waals surface area contributed by atoms with E-state index in [9.17, 15) is 13.6 Å². The summed E-state index contributed by atoms with van der Waals surface area (Å²) in [7, 11) is 1.34. The summed E-state index contributed by atoms with van der Waals surface area (Å²) in [6.07, 6.45) is 0. The molecule has 2 aromatic carbocycles. The molecule has 110 valence electrons. The predicted molar refractivity (Wildman–Crippen MR) is 76.9 cm³/mol. The Kier molecular flexibility index (Phi) is 4.90. The van der Waals surface area contributed by atoms with E-state index in [2.05, 4.69) is 15.9 Å². The van der Waals surface area contributed by atoms with Crippen LogP contribution in [0.15, 0.2) is 40.9 Å². The number of carbonyl (C=O) groups is 1. The maximum atomic E-state index is 13.5. The number of benzene rings is 2. The quantitative estimate of drug-likeness (QED) is 0.759. The first-order valence-electron chi connectivity index (χ1n) is 5.96. The Balaban J connectivity index is 2.04. The number of carbonyl (C=O) groups excluding carboxylic acids is 1. The Hall–Kier alpha value is -1.95. The number of halogens is 3. The van der Waals surface area contributed by atoms with Crippen LogP contribution in [0, 0.1) is 11.6 Å². The fourth-order valence-electron chi connectivity index (χ4n) is 1.64. The number of hydrogen-bond donors (Lipinski definition) is 0. The average Bonchev–Trinajstić information content (AvgIpc) is 2.48. The average molecular weight is 357 g/mol. The number of methoxy groups -OCH3 is 1. The van der Waals surface area contributed by atoms with Gasteiger partial charge in [0.1, 0.15) is 11.6 Å². The smallest absolute Gasteiger partial charge is 0.200 e. The summed E-state index contributed by atoms with van der Waals surface area (Å²) in [5, 5.41) is 0. The first kappa shape index (κ1) is 15.4. The van der Waals surface area contributed by atoms with Crippen LogP contribution in [0.3, 0.4) is 0 Å². The topological polar surface area (TPSA) is 35.5 Å². The first-order chi connectivity index (χ1) is 10.0. The molecule has 2 rings (SSSR count). The molecule has 0 fully saturated rings. The van der Waals surface area contributed by atoms with Crippen LogP contribution in [0.1, 0.15) is 10.4 Å². The van der Waals surface area contributed by atoms with Gasteiger partial charge in [0.2, 0.25) is 0 Å². The SMILES string of the molecule is COc1ccc(C(=O)COc2ccc(Br)c(F)c2)cc1F. The van der Waals surface area contributed by atoms with Crippen molar-refractivity contribution in [1.29, 1.82) is 0 Å². The van der Waals surface area contributed by atoms with Crippen LogP contribution in [0.4, 0.5) is 8.78 Å². The molecule has 3 nitrogen and oxygen atoms in total. The highest BCUT2D eigenvalue weighted by Crippen LogP contribution is 2.21. The van der Waals surface area contributed by atoms with E-state index in [1.54, 1.807) is 0 Å². The van der Waals surface area contributed by atoms with Crippen molar-refractivity contribution in [1.82, 2.24) is 0 Å². The van der Waals surface area contributed by atoms with Crippen molar-refractivity contribution < 1.29 is 23.0 Å². The third kappa shape index (κ3) is 3.78. The molecule has 0 unspecified atom stereocenters. The molecule has 0 atom stereocenters. The van der Waals surface area contributed by atoms with Gasteiger partial charge < -0.3 is 9.47 Å². The van der Waals surface area contributed by atoms with E-state index in [4.69, 9.17) is 9.47 Å². The number of Topliss-reactive ketones (excluding diaryl/α,β-unsaturated/α-hetero) is 1. The molecule has 0 amide bonds. The second kappa shape index (κ2) is 6.67. The summed E-state index contributed by atoms with van der Waals surface area (Å²) in [5.41, 5.74) is 0.158. The molecule has 0 heterocycles. The molecule has 0 radical (unpaired) electrons. The van der Waals surface area contributed by atoms with E-state index in [0.29, 0.717) is 4.47 Å². The lowest BCUT2D eigenvalue weighted by Gasteiger charge is -2.07. The van der Waals surface area contributed by atoms with Crippen LogP contribution in [0.25, 0.3) is 0 Å². The molecule has 0 aliphatic carbocycles. The highest BCUT2D eigenvalue weighted by molar-refractivity contribution is 9.10. The summed E-state index contributed by atoms with van der Waals surface area (Å²) >= 11 is 3.02. The molecular formula is C15H11BrF2O3. The minimum atomic E-state index is -0.627. The van der Waals surface area contributed by atoms with Gasteiger partial charge in [-0.05, 0) is 46.3 Å². The molecule has 0 saturated heterocycles. The van der Waals surface area contributed by atoms with Gasteiger partial charge in [-0.2, -0.15) is 0 Å². The molecule has 0 spiro atoms. The molecule has 2 aromatic rings. The molecule has 0 aliphatic heterocycles. The van der Waals surface area contributed by atoms with Crippen molar-refractivity contribution in [2.45, 2.75) is 0 Å². The zero-order chi connectivity index (χ0) is 15.4. The normalized spacial score (nSPS) is 10.3. The van der Waals surface area contributed by atoms with Crippen molar-refractivity contribution >= 4 is 21.7 Å². The predicted octanol–water partition coefficient (Wildman–Crippen LogP) is 4.00. The number of rotatable bonds is 5. The molecule has 0 bridgehead atoms. The van der Waals surface area contributed by atoms with Crippen LogP contribution in [-0.4, -0.2) is 19.5 Å². The van der Waals surface area contributed by atoms with Gasteiger partial charge in [0.05, 0.1) is 11.6 Å². The summed E-state index contributed by atoms with van der Waals surface area (Å²) in [6, 6.07) is 8.04. The standard InChI is InChI=1S/C15H11BrF2O3/c1-20-15-5-2-9(6-13(15)18)14(19)8-21-10-3-4-11(16)12(17)7-10/h2-7H,8H2,1H3. The van der Waals surface area contributed by atoms with Crippen molar-refractivity contribution in [2.24, 2.45) is 0 Å². The van der Waals surface area contributed by atoms with E-state index >= 15 is 0 Å². The van der Waals surface area contributed by atoms with Gasteiger partial charge in [0.25, 0.3) is 0 Å². The molecule has 6 heteroatoms. The van der Waals surface area contributed by atoms with Crippen LogP contribution in [0.2, 0.25) is 0 Å². The molecule has 21 heavy (non-hydrogen) atoms. The van der Waals surface area contributed by atoms with Crippen molar-refractivity contribution in [2.75, 3.05) is 13.7 Å². The minimum absolute atomic E-state index is 0.0578. The summed E-state index contributed by atoms with van der Waals surface area (Å²) in [5.74, 6) is -1.26. The lowest BCUT2D eigenvalue weighted by molar-refractivity contribution is 0.0920. The molecule has 0 aliphatic rings. The molecule has 0 aromatic heterocycles. The van der Waals surface area contributed by atoms with Crippen LogP contribution in [-0.2, 0) is 0 Å². The second-order valence-electron chi connectivity index (χ2n) is 4.14. The minimum Gasteiger partial charge on any atom is -0.494 e. The van der Waals surface area contributed by atoms with Crippen LogP contribution in [0.5, 0.6) is 11.5 Å². The Labute approximate surface area is 128 Å². The van der Waals surface area contributed by atoms with Gasteiger partial charge in [0.15, 0.2) is 24.0 Å². The third-order valence-corrected chi connectivity index (χ3v) is 3.38. The van der Waals surface area contributed by atoms with Gasteiger partial charge in [-0.25, -0.2) is 8.78 Å². The van der Waals surface area contributed by atoms with Gasteiger partial charge in [-0.15, -0.1) is 0 Å². The fraction of sp³-hybridized carbons (Fsp3) is 0.133. The zero-order valence-electron chi connectivity index (χ0n) is 11.0. The van der Waals surface area contributed by atoms with E-state index < -0.39 is 17.4 Å². The van der Waals surface area contributed by atoms with E-state index in [1.807, 2.05) is 0 Å². The van der Waals surface area contributed by atoms with E-state index in [1.165, 1.54) is 31.4 Å². The van der Waals surface area contributed by atoms with Crippen molar-refractivity contribution in [3.8, 4) is 11.5 Å². The van der Waals surface area contributed by atoms with Gasteiger partial charge in [-0.3, -0.25) is 4.79 Å². The molecular weight excluding hydrogens is 346 g/mol. The Morgan fingerprint density at radius 1 is 1.14 bits per heavy atom. The Morgan fingerprint density at radius 2 is 1.90 bits per heavy atom. The Bertz CT molecular complexity index is 674. The second-order valence-corrected chi connectivity index (χ2v) is 4.99. The lowest BCUT2D eigenvalue weighted by atomic mass is 10.1. The monoisotopic (exact) mass is 356 g/mol. The first-order valence-corrected chi connectivity index (χ1v) is 6.75. The third-order valence-electron chi connectivity index (χ3n) is 2.73.